The van der Waals surface area contributed by atoms with Gasteiger partial charge in [0.2, 0.25) is 0 Å². The van der Waals surface area contributed by atoms with Gasteiger partial charge in [0.1, 0.15) is 36.0 Å². The normalized spacial score (nSPS) is 18.6. The molecule has 0 saturated heterocycles. The first-order valence-electron chi connectivity index (χ1n) is 11.0. The molecule has 0 saturated carbocycles. The molecule has 1 aliphatic rings. The summed E-state index contributed by atoms with van der Waals surface area (Å²) in [6.07, 6.45) is 4.72. The van der Waals surface area contributed by atoms with Gasteiger partial charge in [-0.2, -0.15) is 0 Å². The predicted octanol–water partition coefficient (Wildman–Crippen LogP) is 5.89. The highest BCUT2D eigenvalue weighted by molar-refractivity contribution is 5.54. The third kappa shape index (κ3) is 5.54. The van der Waals surface area contributed by atoms with Crippen LogP contribution in [0.4, 0.5) is 10.1 Å². The lowest BCUT2D eigenvalue weighted by Gasteiger charge is -2.44. The Balaban J connectivity index is 1.60. The summed E-state index contributed by atoms with van der Waals surface area (Å²) >= 11 is 0. The first-order valence-corrected chi connectivity index (χ1v) is 11.0. The molecule has 0 amide bonds. The summed E-state index contributed by atoms with van der Waals surface area (Å²) in [4.78, 5) is 0. The van der Waals surface area contributed by atoms with Gasteiger partial charge in [-0.1, -0.05) is 48.4 Å². The molecule has 0 spiro atoms. The molecule has 0 radical (unpaired) electrons. The van der Waals surface area contributed by atoms with Crippen molar-refractivity contribution < 1.29 is 18.6 Å². The third-order valence-electron chi connectivity index (χ3n) is 5.68. The zero-order chi connectivity index (χ0) is 23.3. The van der Waals surface area contributed by atoms with Gasteiger partial charge in [-0.05, 0) is 55.3 Å². The highest BCUT2D eigenvalue weighted by Crippen LogP contribution is 2.44. The van der Waals surface area contributed by atoms with Gasteiger partial charge in [-0.3, -0.25) is 0 Å². The van der Waals surface area contributed by atoms with E-state index in [4.69, 9.17) is 20.6 Å². The molecule has 1 aliphatic heterocycles. The lowest BCUT2D eigenvalue weighted by atomic mass is 9.87. The van der Waals surface area contributed by atoms with Crippen LogP contribution in [0.2, 0.25) is 0 Å². The van der Waals surface area contributed by atoms with Crippen molar-refractivity contribution in [1.82, 2.24) is 0 Å². The highest BCUT2D eigenvalue weighted by atomic mass is 19.1. The molecule has 4 nitrogen and oxygen atoms in total. The van der Waals surface area contributed by atoms with Crippen LogP contribution in [0, 0.1) is 18.2 Å². The van der Waals surface area contributed by atoms with Crippen LogP contribution in [0.5, 0.6) is 5.75 Å². The van der Waals surface area contributed by atoms with Crippen LogP contribution >= 0.6 is 0 Å². The van der Waals surface area contributed by atoms with E-state index >= 15 is 0 Å². The van der Waals surface area contributed by atoms with Crippen LogP contribution in [0.3, 0.4) is 0 Å². The number of fused-ring (bicyclic) bond motifs is 1. The van der Waals surface area contributed by atoms with Crippen molar-refractivity contribution in [3.63, 3.8) is 0 Å². The fraction of sp³-hybridized carbons (Fsp3) is 0.286. The lowest BCUT2D eigenvalue weighted by Crippen LogP contribution is -2.51. The molecule has 2 unspecified atom stereocenters. The molecule has 170 valence electrons. The summed E-state index contributed by atoms with van der Waals surface area (Å²) in [5.41, 5.74) is 3.24. The summed E-state index contributed by atoms with van der Waals surface area (Å²) in [6.45, 7) is 5.13. The van der Waals surface area contributed by atoms with Crippen LogP contribution in [-0.4, -0.2) is 18.3 Å². The van der Waals surface area contributed by atoms with E-state index in [-0.39, 0.29) is 18.5 Å². The van der Waals surface area contributed by atoms with Gasteiger partial charge in [0.05, 0.1) is 6.61 Å². The van der Waals surface area contributed by atoms with Gasteiger partial charge in [0.25, 0.3) is 0 Å². The fourth-order valence-corrected chi connectivity index (χ4v) is 4.01. The largest absolute Gasteiger partial charge is 0.485 e. The standard InChI is InChI=1S/C28H28FNO3/c1-4-16-31-27-26(32-19-21-8-6-5-7-9-21)24-17-23(14-15-25(24)33-28(27,2)3)30-18-20-10-12-22(29)13-11-20/h1,5-15,17,26-27,30H,16,18-19H2,2-3H3. The number of ether oxygens (including phenoxy) is 3. The zero-order valence-corrected chi connectivity index (χ0v) is 18.9. The fourth-order valence-electron chi connectivity index (χ4n) is 4.01. The highest BCUT2D eigenvalue weighted by Gasteiger charge is 2.45. The Morgan fingerprint density at radius 3 is 2.48 bits per heavy atom. The van der Waals surface area contributed by atoms with Crippen molar-refractivity contribution in [2.75, 3.05) is 11.9 Å². The molecule has 0 bridgehead atoms. The molecule has 4 rings (SSSR count). The molecule has 3 aromatic carbocycles. The molecular formula is C28H28FNO3. The molecule has 0 fully saturated rings. The molecule has 2 atom stereocenters. The Bertz CT molecular complexity index is 1110. The Morgan fingerprint density at radius 1 is 1.00 bits per heavy atom. The number of rotatable bonds is 8. The maximum absolute atomic E-state index is 13.2. The minimum Gasteiger partial charge on any atom is -0.485 e. The number of terminal acetylenes is 1. The Labute approximate surface area is 194 Å². The minimum atomic E-state index is -0.631. The van der Waals surface area contributed by atoms with Crippen molar-refractivity contribution in [2.45, 2.75) is 44.8 Å². The van der Waals surface area contributed by atoms with Crippen molar-refractivity contribution in [1.29, 1.82) is 0 Å². The van der Waals surface area contributed by atoms with E-state index in [1.165, 1.54) is 12.1 Å². The Morgan fingerprint density at radius 2 is 1.76 bits per heavy atom. The second kappa shape index (κ2) is 10.1. The average Bonchev–Trinajstić information content (AvgIpc) is 2.81. The topological polar surface area (TPSA) is 39.7 Å². The number of hydrogen-bond acceptors (Lipinski definition) is 4. The molecule has 1 heterocycles. The van der Waals surface area contributed by atoms with Crippen molar-refractivity contribution in [3.8, 4) is 18.1 Å². The number of anilines is 1. The van der Waals surface area contributed by atoms with Crippen LogP contribution < -0.4 is 10.1 Å². The van der Waals surface area contributed by atoms with Crippen LogP contribution in [0.15, 0.2) is 72.8 Å². The van der Waals surface area contributed by atoms with Gasteiger partial charge in [-0.15, -0.1) is 6.42 Å². The molecular weight excluding hydrogens is 417 g/mol. The van der Waals surface area contributed by atoms with E-state index in [9.17, 15) is 4.39 Å². The van der Waals surface area contributed by atoms with E-state index in [1.54, 1.807) is 12.1 Å². The SMILES string of the molecule is C#CCOC1C(OCc2ccccc2)c2cc(NCc3ccc(F)cc3)ccc2OC1(C)C. The van der Waals surface area contributed by atoms with Gasteiger partial charge in [-0.25, -0.2) is 4.39 Å². The lowest BCUT2D eigenvalue weighted by molar-refractivity contribution is -0.160. The number of halogens is 1. The molecule has 33 heavy (non-hydrogen) atoms. The summed E-state index contributed by atoms with van der Waals surface area (Å²) in [6, 6.07) is 22.4. The average molecular weight is 446 g/mol. The zero-order valence-electron chi connectivity index (χ0n) is 18.9. The van der Waals surface area contributed by atoms with Crippen LogP contribution in [0.25, 0.3) is 0 Å². The van der Waals surface area contributed by atoms with Gasteiger partial charge < -0.3 is 19.5 Å². The third-order valence-corrected chi connectivity index (χ3v) is 5.68. The molecule has 1 N–H and O–H groups in total. The minimum absolute atomic E-state index is 0.167. The number of benzene rings is 3. The van der Waals surface area contributed by atoms with E-state index in [0.717, 1.165) is 28.1 Å². The van der Waals surface area contributed by atoms with Gasteiger partial charge >= 0.3 is 0 Å². The Hall–Kier alpha value is -3.33. The Kier molecular flexibility index (Phi) is 6.98. The van der Waals surface area contributed by atoms with E-state index in [0.29, 0.717) is 13.2 Å². The van der Waals surface area contributed by atoms with Crippen LogP contribution in [-0.2, 0) is 22.6 Å². The maximum atomic E-state index is 13.2. The summed E-state index contributed by atoms with van der Waals surface area (Å²) in [7, 11) is 0. The summed E-state index contributed by atoms with van der Waals surface area (Å²) < 4.78 is 32.0. The van der Waals surface area contributed by atoms with E-state index in [2.05, 4.69) is 11.2 Å². The van der Waals surface area contributed by atoms with Crippen molar-refractivity contribution in [2.24, 2.45) is 0 Å². The van der Waals surface area contributed by atoms with E-state index < -0.39 is 11.7 Å². The second-order valence-electron chi connectivity index (χ2n) is 8.59. The first-order chi connectivity index (χ1) is 16.0. The number of nitrogens with one attached hydrogen (secondary N) is 1. The second-order valence-corrected chi connectivity index (χ2v) is 8.59. The quantitative estimate of drug-likeness (QED) is 0.439. The van der Waals surface area contributed by atoms with Gasteiger partial charge in [0, 0.05) is 17.8 Å². The molecule has 0 aliphatic carbocycles. The monoisotopic (exact) mass is 445 g/mol. The smallest absolute Gasteiger partial charge is 0.132 e. The molecule has 5 heteroatoms. The van der Waals surface area contributed by atoms with Crippen molar-refractivity contribution in [3.05, 3.63) is 95.3 Å². The van der Waals surface area contributed by atoms with Gasteiger partial charge in [0.15, 0.2) is 0 Å². The van der Waals surface area contributed by atoms with E-state index in [1.807, 2.05) is 62.4 Å². The molecule has 0 aromatic heterocycles. The maximum Gasteiger partial charge on any atom is 0.132 e. The molecule has 3 aromatic rings. The number of hydrogen-bond donors (Lipinski definition) is 1. The van der Waals surface area contributed by atoms with Crippen molar-refractivity contribution >= 4 is 5.69 Å². The summed E-state index contributed by atoms with van der Waals surface area (Å²) in [5, 5.41) is 3.40. The summed E-state index contributed by atoms with van der Waals surface area (Å²) in [5.74, 6) is 3.06. The van der Waals surface area contributed by atoms with Crippen LogP contribution in [0.1, 0.15) is 36.6 Å². The predicted molar refractivity (Wildman–Crippen MR) is 127 cm³/mol. The first kappa shape index (κ1) is 22.8.